The van der Waals surface area contributed by atoms with Crippen molar-refractivity contribution in [2.75, 3.05) is 16.4 Å². The molecule has 0 saturated carbocycles. The molecule has 6 N–H and O–H groups in total. The van der Waals surface area contributed by atoms with E-state index in [1.165, 1.54) is 61.7 Å². The molecule has 18 nitrogen and oxygen atoms in total. The average Bonchev–Trinajstić information content (AvgIpc) is 3.86. The van der Waals surface area contributed by atoms with Gasteiger partial charge >= 0.3 is 5.97 Å². The van der Waals surface area contributed by atoms with Crippen LogP contribution in [0.3, 0.4) is 0 Å². The van der Waals surface area contributed by atoms with E-state index >= 15 is 0 Å². The van der Waals surface area contributed by atoms with Crippen LogP contribution >= 0.6 is 12.4 Å². The zero-order valence-electron chi connectivity index (χ0n) is 34.3. The van der Waals surface area contributed by atoms with Crippen molar-refractivity contribution >= 4 is 69.8 Å². The first-order valence-electron chi connectivity index (χ1n) is 19.3. The molecular formula is C45H40ClN13O5. The Morgan fingerprint density at radius 3 is 1.50 bits per heavy atom. The van der Waals surface area contributed by atoms with Crippen LogP contribution in [0, 0.1) is 6.92 Å². The number of benzene rings is 4. The van der Waals surface area contributed by atoms with E-state index in [4.69, 9.17) is 10.8 Å². The molecule has 9 rings (SSSR count). The number of hydrogen-bond acceptors (Lipinski definition) is 13. The number of nitrogen functional groups attached to an aromatic ring is 1. The minimum Gasteiger partial charge on any atom is -0.478 e. The molecule has 0 aliphatic rings. The summed E-state index contributed by atoms with van der Waals surface area (Å²) in [6.07, 6.45) is 13.3. The number of aryl methyl sites for hydroxylation is 2. The van der Waals surface area contributed by atoms with Crippen molar-refractivity contribution in [3.8, 4) is 11.4 Å². The van der Waals surface area contributed by atoms with Crippen molar-refractivity contribution in [3.63, 3.8) is 0 Å². The molecule has 2 amide bonds. The number of rotatable bonds is 9. The number of nitrogens with zero attached hydrogens (tertiary/aromatic N) is 10. The topological polar surface area (TPSA) is 255 Å². The Labute approximate surface area is 371 Å². The van der Waals surface area contributed by atoms with Gasteiger partial charge in [0.15, 0.2) is 0 Å². The molecule has 0 spiro atoms. The minimum atomic E-state index is -1.00. The Kier molecular flexibility index (Phi) is 14.7. The first-order valence-corrected chi connectivity index (χ1v) is 19.3. The smallest absolute Gasteiger partial charge is 0.338 e. The van der Waals surface area contributed by atoms with Crippen LogP contribution in [-0.2, 0) is 13.0 Å². The standard InChI is InChI=1S/C21H19N5O.C19H16N6O2.C5H4N2O2.ClH/c1-3-15-7-8-19-18(10-15)24-21(25-20(27)16-11-22-13-23-12-16)26(19)17-6-4-5-14(2)9-17;20-14-2-1-3-15(7-14)25-17-5-4-12(10-26)6-16(17)23-19(25)24-18(27)13-8-21-11-22-9-13;8-5(9)4-1-6-3-7-2-4;/h4-13H,3H2,1-2H3,(H,24,25,27);1-9,11,26H,10,20H2,(H,23,24,27);1-3H,(H,8,9);1H. The first kappa shape index (κ1) is 45.1. The van der Waals surface area contributed by atoms with Crippen molar-refractivity contribution in [3.05, 3.63) is 174 Å². The zero-order valence-corrected chi connectivity index (χ0v) is 35.1. The number of nitrogens with one attached hydrogen (secondary N) is 2. The van der Waals surface area contributed by atoms with Gasteiger partial charge in [-0.1, -0.05) is 37.3 Å². The molecule has 5 heterocycles. The molecule has 0 atom stereocenters. The Bertz CT molecular complexity index is 2860. The molecule has 0 bridgehead atoms. The highest BCUT2D eigenvalue weighted by molar-refractivity contribution is 6.05. The van der Waals surface area contributed by atoms with E-state index in [1.807, 2.05) is 60.0 Å². The fourth-order valence-corrected chi connectivity index (χ4v) is 6.28. The van der Waals surface area contributed by atoms with Gasteiger partial charge in [0.05, 0.1) is 51.1 Å². The van der Waals surface area contributed by atoms with E-state index in [2.05, 4.69) is 75.6 Å². The average molecular weight is 878 g/mol. The summed E-state index contributed by atoms with van der Waals surface area (Å²) in [5.74, 6) is -0.873. The fraction of sp³-hybridized carbons (Fsp3) is 0.0889. The molecule has 5 aromatic heterocycles. The third kappa shape index (κ3) is 10.7. The van der Waals surface area contributed by atoms with Gasteiger partial charge in [0.25, 0.3) is 11.8 Å². The van der Waals surface area contributed by atoms with Crippen molar-refractivity contribution in [1.29, 1.82) is 0 Å². The summed E-state index contributed by atoms with van der Waals surface area (Å²) in [7, 11) is 0. The maximum absolute atomic E-state index is 12.6. The molecule has 322 valence electrons. The van der Waals surface area contributed by atoms with E-state index in [0.717, 1.165) is 45.5 Å². The van der Waals surface area contributed by atoms with Crippen LogP contribution in [0.15, 0.2) is 141 Å². The molecule has 9 aromatic rings. The van der Waals surface area contributed by atoms with Gasteiger partial charge in [-0.15, -0.1) is 12.4 Å². The number of anilines is 3. The maximum atomic E-state index is 12.6. The summed E-state index contributed by atoms with van der Waals surface area (Å²) in [5.41, 5.74) is 15.3. The molecule has 0 fully saturated rings. The number of carboxylic acids is 1. The van der Waals surface area contributed by atoms with E-state index in [-0.39, 0.29) is 36.4 Å². The highest BCUT2D eigenvalue weighted by atomic mass is 35.5. The molecule has 64 heavy (non-hydrogen) atoms. The zero-order chi connectivity index (χ0) is 44.3. The quantitative estimate of drug-likeness (QED) is 0.0949. The van der Waals surface area contributed by atoms with Crippen LogP contribution in [0.2, 0.25) is 0 Å². The lowest BCUT2D eigenvalue weighted by molar-refractivity contribution is 0.0695. The second-order valence-corrected chi connectivity index (χ2v) is 13.7. The van der Waals surface area contributed by atoms with Gasteiger partial charge in [-0.2, -0.15) is 0 Å². The van der Waals surface area contributed by atoms with Gasteiger partial charge in [0, 0.05) is 48.6 Å². The number of aliphatic hydroxyl groups is 1. The lowest BCUT2D eigenvalue weighted by Crippen LogP contribution is -2.16. The van der Waals surface area contributed by atoms with E-state index in [1.54, 1.807) is 22.8 Å². The molecule has 19 heteroatoms. The predicted octanol–water partition coefficient (Wildman–Crippen LogP) is 6.68. The number of hydrogen-bond donors (Lipinski definition) is 5. The highest BCUT2D eigenvalue weighted by Crippen LogP contribution is 2.28. The number of aromatic carboxylic acids is 1. The molecule has 0 saturated heterocycles. The van der Waals surface area contributed by atoms with E-state index < -0.39 is 5.97 Å². The fourth-order valence-electron chi connectivity index (χ4n) is 6.28. The largest absolute Gasteiger partial charge is 0.478 e. The molecule has 0 radical (unpaired) electrons. The Morgan fingerprint density at radius 2 is 1.06 bits per heavy atom. The lowest BCUT2D eigenvalue weighted by atomic mass is 10.1. The van der Waals surface area contributed by atoms with Gasteiger partial charge in [-0.05, 0) is 84.6 Å². The Morgan fingerprint density at radius 1 is 0.609 bits per heavy atom. The number of carboxylic acid groups (broad SMARTS) is 1. The number of carbonyl (C=O) groups excluding carboxylic acids is 2. The Balaban J connectivity index is 0.000000176. The normalized spacial score (nSPS) is 10.4. The summed E-state index contributed by atoms with van der Waals surface area (Å²) >= 11 is 0. The van der Waals surface area contributed by atoms with E-state index in [0.29, 0.717) is 34.2 Å². The van der Waals surface area contributed by atoms with Crippen molar-refractivity contribution in [2.24, 2.45) is 0 Å². The number of fused-ring (bicyclic) bond motifs is 2. The molecule has 0 aliphatic carbocycles. The summed E-state index contributed by atoms with van der Waals surface area (Å²) < 4.78 is 3.76. The second kappa shape index (κ2) is 20.9. The number of aliphatic hydroxyl groups excluding tert-OH is 1. The van der Waals surface area contributed by atoms with Gasteiger partial charge < -0.3 is 15.9 Å². The molecule has 0 aliphatic heterocycles. The number of nitrogens with two attached hydrogens (primary N) is 1. The number of imidazole rings is 2. The highest BCUT2D eigenvalue weighted by Gasteiger charge is 2.18. The van der Waals surface area contributed by atoms with Crippen LogP contribution < -0.4 is 16.4 Å². The third-order valence-corrected chi connectivity index (χ3v) is 9.32. The first-order chi connectivity index (χ1) is 30.6. The van der Waals surface area contributed by atoms with Crippen LogP contribution in [0.4, 0.5) is 17.6 Å². The van der Waals surface area contributed by atoms with Gasteiger partial charge in [0.1, 0.15) is 19.0 Å². The minimum absolute atomic E-state index is 0. The number of aromatic nitrogens is 10. The van der Waals surface area contributed by atoms with Gasteiger partial charge in [-0.3, -0.25) is 29.4 Å². The SMILES string of the molecule is CCc1ccc2c(c1)nc(NC(=O)c1cncnc1)n2-c1cccc(C)c1.Cl.Nc1cccc(-n2c(NC(=O)c3cncnc3)nc3cc(CO)ccc32)c1.O=C(O)c1cncnc1. The lowest BCUT2D eigenvalue weighted by Gasteiger charge is -2.11. The van der Waals surface area contributed by atoms with Crippen molar-refractivity contribution in [1.82, 2.24) is 49.0 Å². The van der Waals surface area contributed by atoms with Crippen molar-refractivity contribution in [2.45, 2.75) is 26.9 Å². The predicted molar refractivity (Wildman–Crippen MR) is 243 cm³/mol. The Hall–Kier alpha value is -8.48. The number of carbonyl (C=O) groups is 3. The van der Waals surface area contributed by atoms with Crippen LogP contribution in [-0.4, -0.2) is 77.0 Å². The third-order valence-electron chi connectivity index (χ3n) is 9.32. The van der Waals surface area contributed by atoms with Crippen molar-refractivity contribution < 1.29 is 24.6 Å². The van der Waals surface area contributed by atoms with Crippen LogP contribution in [0.5, 0.6) is 0 Å². The van der Waals surface area contributed by atoms with Gasteiger partial charge in [0.2, 0.25) is 11.9 Å². The monoisotopic (exact) mass is 877 g/mol. The molecular weight excluding hydrogens is 838 g/mol. The molecule has 4 aromatic carbocycles. The van der Waals surface area contributed by atoms with Gasteiger partial charge in [-0.25, -0.2) is 44.7 Å². The summed E-state index contributed by atoms with van der Waals surface area (Å²) in [6, 6.07) is 27.0. The summed E-state index contributed by atoms with van der Waals surface area (Å²) in [6.45, 7) is 4.05. The maximum Gasteiger partial charge on any atom is 0.338 e. The summed E-state index contributed by atoms with van der Waals surface area (Å²) in [5, 5.41) is 23.4. The second-order valence-electron chi connectivity index (χ2n) is 13.7. The number of amides is 2. The van der Waals surface area contributed by atoms with E-state index in [9.17, 15) is 19.5 Å². The van der Waals surface area contributed by atoms with Crippen LogP contribution in [0.1, 0.15) is 54.7 Å². The molecule has 0 unspecified atom stereocenters. The van der Waals surface area contributed by atoms with Crippen LogP contribution in [0.25, 0.3) is 33.4 Å². The summed E-state index contributed by atoms with van der Waals surface area (Å²) in [4.78, 5) is 67.1. The number of halogens is 1.